The Morgan fingerprint density at radius 2 is 1.85 bits per heavy atom. The quantitative estimate of drug-likeness (QED) is 0.710. The van der Waals surface area contributed by atoms with E-state index in [1.54, 1.807) is 16.9 Å². The molecule has 0 aliphatic rings. The summed E-state index contributed by atoms with van der Waals surface area (Å²) in [7, 11) is 0. The van der Waals surface area contributed by atoms with Gasteiger partial charge in [-0.3, -0.25) is 0 Å². The summed E-state index contributed by atoms with van der Waals surface area (Å²) in [5.41, 5.74) is 3.49. The molecule has 0 fully saturated rings. The molecule has 0 atom stereocenters. The van der Waals surface area contributed by atoms with Crippen LogP contribution in [0.5, 0.6) is 0 Å². The first kappa shape index (κ1) is 12.6. The van der Waals surface area contributed by atoms with E-state index < -0.39 is 0 Å². The van der Waals surface area contributed by atoms with Crippen LogP contribution in [-0.2, 0) is 0 Å². The van der Waals surface area contributed by atoms with E-state index in [0.717, 1.165) is 21.3 Å². The van der Waals surface area contributed by atoms with Crippen LogP contribution < -0.4 is 0 Å². The summed E-state index contributed by atoms with van der Waals surface area (Å²) in [5.74, 6) is 0. The van der Waals surface area contributed by atoms with E-state index in [1.807, 2.05) is 48.7 Å². The van der Waals surface area contributed by atoms with Gasteiger partial charge in [-0.1, -0.05) is 46.3 Å². The monoisotopic (exact) mass is 323 g/mol. The lowest BCUT2D eigenvalue weighted by Gasteiger charge is -2.04. The molecule has 1 heterocycles. The molecule has 96 valence electrons. The summed E-state index contributed by atoms with van der Waals surface area (Å²) in [6, 6.07) is 17.7. The molecule has 0 aliphatic carbocycles. The largest absolute Gasteiger partial charge is 0.239 e. The van der Waals surface area contributed by atoms with Crippen LogP contribution in [0.15, 0.2) is 65.4 Å². The normalized spacial score (nSPS) is 10.2. The number of hydrogen-bond donors (Lipinski definition) is 0. The summed E-state index contributed by atoms with van der Waals surface area (Å²) in [4.78, 5) is 0. The van der Waals surface area contributed by atoms with Gasteiger partial charge in [0.25, 0.3) is 0 Å². The highest BCUT2D eigenvalue weighted by atomic mass is 79.9. The summed E-state index contributed by atoms with van der Waals surface area (Å²) in [6.07, 6.45) is 3.73. The van der Waals surface area contributed by atoms with Gasteiger partial charge in [0, 0.05) is 16.2 Å². The molecule has 4 heteroatoms. The van der Waals surface area contributed by atoms with Crippen LogP contribution in [0.25, 0.3) is 16.8 Å². The molecular weight excluding hydrogens is 314 g/mol. The van der Waals surface area contributed by atoms with Crippen molar-refractivity contribution in [1.29, 1.82) is 5.26 Å². The molecule has 0 aliphatic heterocycles. The van der Waals surface area contributed by atoms with Crippen LogP contribution >= 0.6 is 15.9 Å². The summed E-state index contributed by atoms with van der Waals surface area (Å²) >= 11 is 3.42. The van der Waals surface area contributed by atoms with Gasteiger partial charge >= 0.3 is 0 Å². The third-order valence-electron chi connectivity index (χ3n) is 3.02. The maximum absolute atomic E-state index is 9.19. The molecule has 0 amide bonds. The second-order valence-corrected chi connectivity index (χ2v) is 5.23. The number of rotatable bonds is 2. The molecule has 0 saturated heterocycles. The van der Waals surface area contributed by atoms with Crippen LogP contribution in [0, 0.1) is 11.3 Å². The van der Waals surface area contributed by atoms with Gasteiger partial charge in [0.05, 0.1) is 17.4 Å². The summed E-state index contributed by atoms with van der Waals surface area (Å²) in [6.45, 7) is 0. The van der Waals surface area contributed by atoms with Crippen molar-refractivity contribution >= 4 is 15.9 Å². The lowest BCUT2D eigenvalue weighted by molar-refractivity contribution is 0.877. The third-order valence-corrected chi connectivity index (χ3v) is 3.51. The van der Waals surface area contributed by atoms with Crippen LogP contribution in [-0.4, -0.2) is 9.78 Å². The highest BCUT2D eigenvalue weighted by Crippen LogP contribution is 2.23. The first-order valence-corrected chi connectivity index (χ1v) is 6.87. The maximum Gasteiger partial charge on any atom is 0.101 e. The lowest BCUT2D eigenvalue weighted by atomic mass is 10.1. The second-order valence-electron chi connectivity index (χ2n) is 4.31. The van der Waals surface area contributed by atoms with Crippen molar-refractivity contribution in [2.75, 3.05) is 0 Å². The highest BCUT2D eigenvalue weighted by molar-refractivity contribution is 9.10. The van der Waals surface area contributed by atoms with Gasteiger partial charge in [0.1, 0.15) is 6.07 Å². The van der Waals surface area contributed by atoms with E-state index in [4.69, 9.17) is 0 Å². The molecule has 20 heavy (non-hydrogen) atoms. The van der Waals surface area contributed by atoms with E-state index in [-0.39, 0.29) is 0 Å². The van der Waals surface area contributed by atoms with E-state index in [0.29, 0.717) is 5.56 Å². The van der Waals surface area contributed by atoms with Crippen molar-refractivity contribution in [2.24, 2.45) is 0 Å². The van der Waals surface area contributed by atoms with E-state index in [2.05, 4.69) is 27.1 Å². The molecule has 3 aromatic rings. The number of halogens is 1. The zero-order valence-electron chi connectivity index (χ0n) is 10.5. The predicted molar refractivity (Wildman–Crippen MR) is 81.4 cm³/mol. The molecule has 3 rings (SSSR count). The van der Waals surface area contributed by atoms with Gasteiger partial charge in [0.15, 0.2) is 0 Å². The van der Waals surface area contributed by atoms with E-state index >= 15 is 0 Å². The lowest BCUT2D eigenvalue weighted by Crippen LogP contribution is -1.97. The average Bonchev–Trinajstić information content (AvgIpc) is 2.98. The molecular formula is C16H10BrN3. The predicted octanol–water partition coefficient (Wildman–Crippen LogP) is 4.17. The molecule has 2 aromatic carbocycles. The molecule has 3 nitrogen and oxygen atoms in total. The number of hydrogen-bond acceptors (Lipinski definition) is 2. The van der Waals surface area contributed by atoms with Crippen LogP contribution in [0.4, 0.5) is 0 Å². The number of benzene rings is 2. The Kier molecular flexibility index (Phi) is 3.36. The van der Waals surface area contributed by atoms with Crippen molar-refractivity contribution < 1.29 is 0 Å². The zero-order valence-corrected chi connectivity index (χ0v) is 12.1. The van der Waals surface area contributed by atoms with Crippen molar-refractivity contribution in [3.05, 3.63) is 71.0 Å². The third kappa shape index (κ3) is 2.36. The van der Waals surface area contributed by atoms with Gasteiger partial charge in [-0.05, 0) is 23.8 Å². The Morgan fingerprint density at radius 3 is 2.60 bits per heavy atom. The van der Waals surface area contributed by atoms with Gasteiger partial charge in [-0.2, -0.15) is 10.4 Å². The Labute approximate surface area is 125 Å². The van der Waals surface area contributed by atoms with Gasteiger partial charge in [0.2, 0.25) is 0 Å². The van der Waals surface area contributed by atoms with Gasteiger partial charge in [-0.25, -0.2) is 4.68 Å². The fourth-order valence-electron chi connectivity index (χ4n) is 2.02. The number of aromatic nitrogens is 2. The number of nitriles is 1. The topological polar surface area (TPSA) is 41.6 Å². The molecule has 0 saturated carbocycles. The molecule has 0 radical (unpaired) electrons. The molecule has 0 spiro atoms. The zero-order chi connectivity index (χ0) is 13.9. The molecule has 0 N–H and O–H groups in total. The average molecular weight is 324 g/mol. The summed E-state index contributed by atoms with van der Waals surface area (Å²) in [5, 5.41) is 13.5. The maximum atomic E-state index is 9.19. The smallest absolute Gasteiger partial charge is 0.101 e. The second kappa shape index (κ2) is 5.32. The Balaban J connectivity index is 2.07. The summed E-state index contributed by atoms with van der Waals surface area (Å²) < 4.78 is 2.65. The SMILES string of the molecule is N#Cc1ccc(Br)cc1-n1cc(-c2ccccc2)cn1. The first-order chi connectivity index (χ1) is 9.78. The van der Waals surface area contributed by atoms with Crippen LogP contribution in [0.1, 0.15) is 5.56 Å². The van der Waals surface area contributed by atoms with Crippen molar-refractivity contribution in [1.82, 2.24) is 9.78 Å². The van der Waals surface area contributed by atoms with E-state index in [9.17, 15) is 5.26 Å². The molecule has 0 unspecified atom stereocenters. The Morgan fingerprint density at radius 1 is 1.05 bits per heavy atom. The Bertz CT molecular complexity index is 785. The molecule has 1 aromatic heterocycles. The standard InChI is InChI=1S/C16H10BrN3/c17-15-7-6-13(9-18)16(8-15)20-11-14(10-19-20)12-4-2-1-3-5-12/h1-8,10-11H. The van der Waals surface area contributed by atoms with Crippen LogP contribution in [0.2, 0.25) is 0 Å². The Hall–Kier alpha value is -2.38. The minimum absolute atomic E-state index is 0.593. The fraction of sp³-hybridized carbons (Fsp3) is 0. The van der Waals surface area contributed by atoms with Gasteiger partial charge < -0.3 is 0 Å². The number of nitrogens with zero attached hydrogens (tertiary/aromatic N) is 3. The highest BCUT2D eigenvalue weighted by Gasteiger charge is 2.08. The fourth-order valence-corrected chi connectivity index (χ4v) is 2.37. The van der Waals surface area contributed by atoms with Gasteiger partial charge in [-0.15, -0.1) is 0 Å². The van der Waals surface area contributed by atoms with E-state index in [1.165, 1.54) is 0 Å². The van der Waals surface area contributed by atoms with Crippen molar-refractivity contribution in [2.45, 2.75) is 0 Å². The minimum atomic E-state index is 0.593. The van der Waals surface area contributed by atoms with Crippen molar-refractivity contribution in [3.63, 3.8) is 0 Å². The first-order valence-electron chi connectivity index (χ1n) is 6.08. The molecule has 0 bridgehead atoms. The van der Waals surface area contributed by atoms with Crippen LogP contribution in [0.3, 0.4) is 0 Å². The van der Waals surface area contributed by atoms with Crippen molar-refractivity contribution in [3.8, 4) is 22.9 Å². The minimum Gasteiger partial charge on any atom is -0.239 e.